The van der Waals surface area contributed by atoms with E-state index in [2.05, 4.69) is 5.32 Å². The first-order valence-corrected chi connectivity index (χ1v) is 9.48. The summed E-state index contributed by atoms with van der Waals surface area (Å²) in [6.07, 6.45) is 8.61. The lowest BCUT2D eigenvalue weighted by atomic mass is 9.78. The summed E-state index contributed by atoms with van der Waals surface area (Å²) in [6, 6.07) is 0.351. The molecule has 6 nitrogen and oxygen atoms in total. The number of rotatable bonds is 4. The molecule has 3 rings (SSSR count). The molecule has 2 heterocycles. The van der Waals surface area contributed by atoms with Crippen LogP contribution in [0, 0.1) is 5.41 Å². The molecular formula is C18H31N3O3. The first-order chi connectivity index (χ1) is 11.6. The Bertz CT molecular complexity index is 464. The fourth-order valence-electron chi connectivity index (χ4n) is 4.50. The largest absolute Gasteiger partial charge is 0.383 e. The standard InChI is InChI=1S/C18H31N3O3/c1-24-13-12-20-10-5-8-18(16(20)22)9-11-21(14-18)17(23)19-15-6-3-2-4-7-15/h15H,2-14H2,1H3,(H,19,23)/t18-/m0/s1. The average molecular weight is 337 g/mol. The van der Waals surface area contributed by atoms with Crippen LogP contribution in [-0.2, 0) is 9.53 Å². The van der Waals surface area contributed by atoms with Crippen LogP contribution in [0.3, 0.4) is 0 Å². The summed E-state index contributed by atoms with van der Waals surface area (Å²) >= 11 is 0. The van der Waals surface area contributed by atoms with Gasteiger partial charge in [-0.3, -0.25) is 4.79 Å². The first-order valence-electron chi connectivity index (χ1n) is 9.48. The highest BCUT2D eigenvalue weighted by Gasteiger charge is 2.49. The van der Waals surface area contributed by atoms with Crippen molar-refractivity contribution < 1.29 is 14.3 Å². The van der Waals surface area contributed by atoms with Crippen LogP contribution in [0.25, 0.3) is 0 Å². The van der Waals surface area contributed by atoms with Gasteiger partial charge in [0.05, 0.1) is 12.0 Å². The van der Waals surface area contributed by atoms with Crippen molar-refractivity contribution in [3.05, 3.63) is 0 Å². The number of nitrogens with zero attached hydrogens (tertiary/aromatic N) is 2. The van der Waals surface area contributed by atoms with Crippen molar-refractivity contribution in [1.29, 1.82) is 0 Å². The Morgan fingerprint density at radius 2 is 2.00 bits per heavy atom. The van der Waals surface area contributed by atoms with Gasteiger partial charge in [0.1, 0.15) is 0 Å². The molecule has 0 unspecified atom stereocenters. The third kappa shape index (κ3) is 3.68. The summed E-state index contributed by atoms with van der Waals surface area (Å²) in [5, 5.41) is 3.19. The molecule has 0 aromatic carbocycles. The van der Waals surface area contributed by atoms with Crippen molar-refractivity contribution >= 4 is 11.9 Å². The number of carbonyl (C=O) groups is 2. The quantitative estimate of drug-likeness (QED) is 0.853. The van der Waals surface area contributed by atoms with Gasteiger partial charge in [-0.25, -0.2) is 4.79 Å². The Hall–Kier alpha value is -1.30. The Balaban J connectivity index is 1.56. The van der Waals surface area contributed by atoms with E-state index in [9.17, 15) is 9.59 Å². The topological polar surface area (TPSA) is 61.9 Å². The molecule has 24 heavy (non-hydrogen) atoms. The summed E-state index contributed by atoms with van der Waals surface area (Å²) in [4.78, 5) is 29.3. The van der Waals surface area contributed by atoms with E-state index in [-0.39, 0.29) is 17.4 Å². The van der Waals surface area contributed by atoms with Crippen molar-refractivity contribution in [1.82, 2.24) is 15.1 Å². The molecule has 0 radical (unpaired) electrons. The van der Waals surface area contributed by atoms with Gasteiger partial charge in [-0.1, -0.05) is 19.3 Å². The lowest BCUT2D eigenvalue weighted by Gasteiger charge is -2.39. The van der Waals surface area contributed by atoms with Gasteiger partial charge >= 0.3 is 6.03 Å². The highest BCUT2D eigenvalue weighted by molar-refractivity contribution is 5.85. The van der Waals surface area contributed by atoms with Gasteiger partial charge in [-0.05, 0) is 32.1 Å². The monoisotopic (exact) mass is 337 g/mol. The first kappa shape index (κ1) is 17.5. The number of hydrogen-bond donors (Lipinski definition) is 1. The van der Waals surface area contributed by atoms with E-state index in [0.29, 0.717) is 32.3 Å². The molecule has 3 fully saturated rings. The molecule has 1 saturated carbocycles. The van der Waals surface area contributed by atoms with E-state index in [1.54, 1.807) is 7.11 Å². The molecule has 3 aliphatic rings. The van der Waals surface area contributed by atoms with Crippen LogP contribution in [0.15, 0.2) is 0 Å². The number of likely N-dealkylation sites (tertiary alicyclic amines) is 2. The molecule has 1 atom stereocenters. The van der Waals surface area contributed by atoms with E-state index in [1.807, 2.05) is 9.80 Å². The molecule has 1 N–H and O–H groups in total. The number of carbonyl (C=O) groups excluding carboxylic acids is 2. The summed E-state index contributed by atoms with van der Waals surface area (Å²) in [5.41, 5.74) is -0.351. The number of ether oxygens (including phenoxy) is 1. The van der Waals surface area contributed by atoms with E-state index >= 15 is 0 Å². The molecule has 6 heteroatoms. The third-order valence-electron chi connectivity index (χ3n) is 5.96. The maximum absolute atomic E-state index is 12.9. The van der Waals surface area contributed by atoms with Crippen molar-refractivity contribution in [2.45, 2.75) is 57.4 Å². The number of methoxy groups -OCH3 is 1. The number of amides is 3. The number of nitrogens with one attached hydrogen (secondary N) is 1. The second-order valence-corrected chi connectivity index (χ2v) is 7.62. The second-order valence-electron chi connectivity index (χ2n) is 7.62. The predicted molar refractivity (Wildman–Crippen MR) is 91.7 cm³/mol. The summed E-state index contributed by atoms with van der Waals surface area (Å²) in [6.45, 7) is 3.33. The highest BCUT2D eigenvalue weighted by atomic mass is 16.5. The molecule has 3 amide bonds. The normalized spacial score (nSPS) is 28.6. The van der Waals surface area contributed by atoms with Gasteiger partial charge in [0, 0.05) is 39.3 Å². The zero-order valence-electron chi connectivity index (χ0n) is 14.9. The highest BCUT2D eigenvalue weighted by Crippen LogP contribution is 2.40. The van der Waals surface area contributed by atoms with Crippen LogP contribution in [0.2, 0.25) is 0 Å². The van der Waals surface area contributed by atoms with Gasteiger partial charge < -0.3 is 19.9 Å². The van der Waals surface area contributed by atoms with Gasteiger partial charge in [0.15, 0.2) is 0 Å². The minimum absolute atomic E-state index is 0.0283. The Morgan fingerprint density at radius 3 is 2.75 bits per heavy atom. The fourth-order valence-corrected chi connectivity index (χ4v) is 4.50. The molecule has 2 saturated heterocycles. The van der Waals surface area contributed by atoms with Crippen LogP contribution in [0.1, 0.15) is 51.4 Å². The van der Waals surface area contributed by atoms with Crippen LogP contribution >= 0.6 is 0 Å². The molecule has 1 aliphatic carbocycles. The Labute approximate surface area is 144 Å². The van der Waals surface area contributed by atoms with Crippen molar-refractivity contribution in [2.75, 3.05) is 39.9 Å². The van der Waals surface area contributed by atoms with E-state index in [4.69, 9.17) is 4.74 Å². The fraction of sp³-hybridized carbons (Fsp3) is 0.889. The Morgan fingerprint density at radius 1 is 1.21 bits per heavy atom. The molecule has 1 spiro atoms. The SMILES string of the molecule is COCCN1CCC[C@@]2(CCN(C(=O)NC3CCCCC3)C2)C1=O. The van der Waals surface area contributed by atoms with Crippen LogP contribution < -0.4 is 5.32 Å². The molecule has 2 aliphatic heterocycles. The maximum Gasteiger partial charge on any atom is 0.317 e. The van der Waals surface area contributed by atoms with Gasteiger partial charge in [0.25, 0.3) is 0 Å². The smallest absolute Gasteiger partial charge is 0.317 e. The van der Waals surface area contributed by atoms with Gasteiger partial charge in [-0.15, -0.1) is 0 Å². The Kier molecular flexibility index (Phi) is 5.64. The summed E-state index contributed by atoms with van der Waals surface area (Å²) in [7, 11) is 1.66. The molecule has 0 aromatic rings. The third-order valence-corrected chi connectivity index (χ3v) is 5.96. The van der Waals surface area contributed by atoms with E-state index < -0.39 is 0 Å². The predicted octanol–water partition coefficient (Wildman–Crippen LogP) is 1.99. The van der Waals surface area contributed by atoms with Crippen LogP contribution in [0.5, 0.6) is 0 Å². The number of urea groups is 1. The van der Waals surface area contributed by atoms with Gasteiger partial charge in [0.2, 0.25) is 5.91 Å². The maximum atomic E-state index is 12.9. The zero-order valence-corrected chi connectivity index (χ0v) is 14.9. The lowest BCUT2D eigenvalue weighted by molar-refractivity contribution is -0.146. The molecule has 136 valence electrons. The zero-order chi connectivity index (χ0) is 17.0. The van der Waals surface area contributed by atoms with Crippen LogP contribution in [0.4, 0.5) is 4.79 Å². The summed E-state index contributed by atoms with van der Waals surface area (Å²) < 4.78 is 5.12. The average Bonchev–Trinajstić information content (AvgIpc) is 3.03. The molecule has 0 bridgehead atoms. The number of piperidine rings is 1. The van der Waals surface area contributed by atoms with E-state index in [1.165, 1.54) is 19.3 Å². The van der Waals surface area contributed by atoms with E-state index in [0.717, 1.165) is 38.6 Å². The summed E-state index contributed by atoms with van der Waals surface area (Å²) in [5.74, 6) is 0.221. The second kappa shape index (κ2) is 7.72. The number of hydrogen-bond acceptors (Lipinski definition) is 3. The van der Waals surface area contributed by atoms with Crippen molar-refractivity contribution in [2.24, 2.45) is 5.41 Å². The lowest BCUT2D eigenvalue weighted by Crippen LogP contribution is -2.52. The molecular weight excluding hydrogens is 306 g/mol. The minimum Gasteiger partial charge on any atom is -0.383 e. The van der Waals surface area contributed by atoms with Gasteiger partial charge in [-0.2, -0.15) is 0 Å². The van der Waals surface area contributed by atoms with Crippen LogP contribution in [-0.4, -0.2) is 67.7 Å². The van der Waals surface area contributed by atoms with Crippen molar-refractivity contribution in [3.8, 4) is 0 Å². The molecule has 0 aromatic heterocycles. The van der Waals surface area contributed by atoms with Crippen molar-refractivity contribution in [3.63, 3.8) is 0 Å². The minimum atomic E-state index is -0.351.